The third kappa shape index (κ3) is 50.7. The third-order valence-electron chi connectivity index (χ3n) is 0.213. The van der Waals surface area contributed by atoms with Crippen LogP contribution in [0.15, 0.2) is 0 Å². The molecule has 0 saturated heterocycles. The summed E-state index contributed by atoms with van der Waals surface area (Å²) >= 11 is 0. The van der Waals surface area contributed by atoms with Gasteiger partial charge in [0.1, 0.15) is 0 Å². The molecule has 0 amide bonds. The van der Waals surface area contributed by atoms with Crippen LogP contribution in [0.2, 0.25) is 0 Å². The van der Waals surface area contributed by atoms with Gasteiger partial charge in [-0.2, -0.15) is 4.31 Å². The minimum atomic E-state index is -5.05. The second-order valence-electron chi connectivity index (χ2n) is 1.06. The summed E-state index contributed by atoms with van der Waals surface area (Å²) in [7, 11) is -10.1. The summed E-state index contributed by atoms with van der Waals surface area (Å²) in [4.78, 5) is 31.0. The van der Waals surface area contributed by atoms with Crippen molar-refractivity contribution < 1.29 is 60.4 Å². The van der Waals surface area contributed by atoms with E-state index in [1.54, 1.807) is 0 Å². The molecule has 0 radical (unpaired) electrons. The maximum absolute atomic E-state index is 9.63. The van der Waals surface area contributed by atoms with Gasteiger partial charge in [-0.1, -0.05) is 0 Å². The molecule has 15 heteroatoms. The molecule has 0 aromatic heterocycles. The van der Waals surface area contributed by atoms with Crippen molar-refractivity contribution in [3.8, 4) is 0 Å². The Hall–Kier alpha value is 1.32. The van der Waals surface area contributed by atoms with Crippen molar-refractivity contribution in [2.24, 2.45) is 0 Å². The Labute approximate surface area is 113 Å². The van der Waals surface area contributed by atoms with Crippen molar-refractivity contribution in [1.29, 1.82) is 0 Å². The molecular formula is H16CaO12P2. The van der Waals surface area contributed by atoms with E-state index in [0.717, 1.165) is 0 Å². The number of hydrogen-bond donors (Lipinski definition) is 4. The zero-order valence-corrected chi connectivity index (χ0v) is 8.20. The predicted octanol–water partition coefficient (Wildman–Crippen LogP) is -5.85. The molecule has 0 atom stereocenters. The molecule has 0 saturated carbocycles. The van der Waals surface area contributed by atoms with Crippen LogP contribution in [0.4, 0.5) is 0 Å². The second kappa shape index (κ2) is 15.3. The van der Waals surface area contributed by atoms with E-state index >= 15 is 0 Å². The van der Waals surface area contributed by atoms with E-state index in [2.05, 4.69) is 4.31 Å². The molecule has 0 rings (SSSR count). The van der Waals surface area contributed by atoms with Gasteiger partial charge in [-0.05, 0) is 0 Å². The third-order valence-corrected chi connectivity index (χ3v) is 1.91. The first kappa shape index (κ1) is 44.1. The van der Waals surface area contributed by atoms with Crippen LogP contribution in [-0.2, 0) is 13.4 Å². The standard InChI is InChI=1S/Ca.H4O7P2.5H2O.2H/c;1-8(2,3)7-9(4,5)6;;;;;;;/h;(H2,1,2,3)(H2,4,5,6);5*1H2;;. The molecule has 0 unspecified atom stereocenters. The van der Waals surface area contributed by atoms with E-state index in [4.69, 9.17) is 19.6 Å². The Morgan fingerprint density at radius 1 is 0.667 bits per heavy atom. The van der Waals surface area contributed by atoms with Crippen molar-refractivity contribution in [1.82, 2.24) is 0 Å². The van der Waals surface area contributed by atoms with Crippen LogP contribution in [0.5, 0.6) is 0 Å². The number of hydrogen-bond acceptors (Lipinski definition) is 3. The van der Waals surface area contributed by atoms with Crippen molar-refractivity contribution in [3.05, 3.63) is 0 Å². The number of phosphoric acid groups is 2. The van der Waals surface area contributed by atoms with Gasteiger partial charge in [0.2, 0.25) is 0 Å². The van der Waals surface area contributed by atoms with Crippen LogP contribution in [-0.4, -0.2) is 84.7 Å². The van der Waals surface area contributed by atoms with E-state index in [9.17, 15) is 9.13 Å². The topological polar surface area (TPSA) is 282 Å². The Balaban J connectivity index is -0.0000000213. The van der Waals surface area contributed by atoms with Gasteiger partial charge in [-0.15, -0.1) is 0 Å². The summed E-state index contributed by atoms with van der Waals surface area (Å²) in [6, 6.07) is 0. The quantitative estimate of drug-likeness (QED) is 0.282. The molecule has 0 aliphatic rings. The van der Waals surface area contributed by atoms with Crippen LogP contribution in [0.3, 0.4) is 0 Å². The van der Waals surface area contributed by atoms with Gasteiger partial charge in [0.05, 0.1) is 0 Å². The van der Waals surface area contributed by atoms with Crippen molar-refractivity contribution >= 4 is 53.4 Å². The van der Waals surface area contributed by atoms with E-state index in [1.165, 1.54) is 0 Å². The van der Waals surface area contributed by atoms with E-state index in [-0.39, 0.29) is 65.1 Å². The summed E-state index contributed by atoms with van der Waals surface area (Å²) < 4.78 is 22.2. The molecule has 0 aromatic rings. The van der Waals surface area contributed by atoms with Gasteiger partial charge in [0, 0.05) is 0 Å². The summed E-state index contributed by atoms with van der Waals surface area (Å²) in [6.07, 6.45) is 0. The minimum absolute atomic E-state index is 0. The molecule has 0 aliphatic heterocycles. The van der Waals surface area contributed by atoms with E-state index in [1.807, 2.05) is 0 Å². The molecule has 15 heavy (non-hydrogen) atoms. The fourth-order valence-corrected chi connectivity index (χ4v) is 1.25. The molecular weight excluding hydrogens is 294 g/mol. The van der Waals surface area contributed by atoms with Gasteiger partial charge >= 0.3 is 53.4 Å². The van der Waals surface area contributed by atoms with Gasteiger partial charge in [0.25, 0.3) is 0 Å². The molecule has 0 fully saturated rings. The Morgan fingerprint density at radius 2 is 0.800 bits per heavy atom. The Bertz CT molecular complexity index is 154. The molecule has 0 bridgehead atoms. The van der Waals surface area contributed by atoms with Crippen LogP contribution in [0, 0.1) is 0 Å². The molecule has 0 aliphatic carbocycles. The van der Waals surface area contributed by atoms with Crippen molar-refractivity contribution in [2.45, 2.75) is 0 Å². The zero-order chi connectivity index (χ0) is 7.71. The summed E-state index contributed by atoms with van der Waals surface area (Å²) in [6.45, 7) is 0. The van der Waals surface area contributed by atoms with Gasteiger partial charge in [0.15, 0.2) is 0 Å². The van der Waals surface area contributed by atoms with Crippen LogP contribution >= 0.6 is 15.6 Å². The van der Waals surface area contributed by atoms with E-state index in [0.29, 0.717) is 0 Å². The van der Waals surface area contributed by atoms with E-state index < -0.39 is 15.6 Å². The molecule has 12 nitrogen and oxygen atoms in total. The Morgan fingerprint density at radius 3 is 0.800 bits per heavy atom. The van der Waals surface area contributed by atoms with Gasteiger partial charge in [-0.3, -0.25) is 0 Å². The van der Waals surface area contributed by atoms with Crippen LogP contribution in [0.25, 0.3) is 0 Å². The first-order valence-electron chi connectivity index (χ1n) is 1.53. The van der Waals surface area contributed by atoms with Crippen LogP contribution < -0.4 is 0 Å². The Kier molecular flexibility index (Phi) is 45.0. The summed E-state index contributed by atoms with van der Waals surface area (Å²) in [5.74, 6) is 0. The number of rotatable bonds is 2. The zero-order valence-electron chi connectivity index (χ0n) is 6.41. The van der Waals surface area contributed by atoms with Crippen molar-refractivity contribution in [3.63, 3.8) is 0 Å². The maximum atomic E-state index is 9.63. The molecule has 14 N–H and O–H groups in total. The monoisotopic (exact) mass is 310 g/mol. The first-order valence-corrected chi connectivity index (χ1v) is 4.59. The second-order valence-corrected chi connectivity index (χ2v) is 3.68. The molecule has 100 valence electrons. The average Bonchev–Trinajstić information content (AvgIpc) is 1.14. The summed E-state index contributed by atoms with van der Waals surface area (Å²) in [5, 5.41) is 0. The normalized spacial score (nSPS) is 8.27. The average molecular weight is 310 g/mol. The fraction of sp³-hybridized carbons (Fsp3) is 0. The fourth-order valence-electron chi connectivity index (χ4n) is 0.139. The van der Waals surface area contributed by atoms with Gasteiger partial charge < -0.3 is 47.0 Å². The van der Waals surface area contributed by atoms with Gasteiger partial charge in [-0.25, -0.2) is 9.13 Å². The first-order chi connectivity index (χ1) is 3.71. The van der Waals surface area contributed by atoms with Crippen LogP contribution in [0.1, 0.15) is 0 Å². The molecule has 0 heterocycles. The summed E-state index contributed by atoms with van der Waals surface area (Å²) in [5.41, 5.74) is 0. The molecule has 0 spiro atoms. The SMILES string of the molecule is O.O.O.O.O.O=P(O)(O)OP(=O)(O)O.[CaH2]. The van der Waals surface area contributed by atoms with Crippen molar-refractivity contribution in [2.75, 3.05) is 0 Å². The molecule has 0 aromatic carbocycles. The predicted molar refractivity (Wildman–Crippen MR) is 51.8 cm³/mol.